The first-order valence-corrected chi connectivity index (χ1v) is 9.18. The molecule has 1 amide bonds. The number of halogens is 1. The average Bonchev–Trinajstić information content (AvgIpc) is 3.13. The molecular formula is C17H32IN5O. The lowest BCUT2D eigenvalue weighted by Crippen LogP contribution is -2.46. The molecule has 2 saturated heterocycles. The standard InChI is InChI=1S/C17H31N5O.HI/c1-3-16(23)22-9-7-14(12-22)20-17(18-2)19-10-13-6-8-21(11-13)15-4-5-15;/h13-15H,3-12H2,1-2H3,(H2,18,19,20);1H. The van der Waals surface area contributed by atoms with Gasteiger partial charge in [0.1, 0.15) is 0 Å². The summed E-state index contributed by atoms with van der Waals surface area (Å²) in [4.78, 5) is 20.7. The van der Waals surface area contributed by atoms with Gasteiger partial charge < -0.3 is 20.4 Å². The van der Waals surface area contributed by atoms with Crippen molar-refractivity contribution >= 4 is 35.8 Å². The van der Waals surface area contributed by atoms with Gasteiger partial charge in [-0.3, -0.25) is 9.79 Å². The van der Waals surface area contributed by atoms with Crippen LogP contribution in [0.3, 0.4) is 0 Å². The summed E-state index contributed by atoms with van der Waals surface area (Å²) in [5.74, 6) is 1.87. The van der Waals surface area contributed by atoms with E-state index in [2.05, 4.69) is 20.5 Å². The van der Waals surface area contributed by atoms with Gasteiger partial charge in [-0.15, -0.1) is 24.0 Å². The number of aliphatic imine (C=N–C) groups is 1. The van der Waals surface area contributed by atoms with Crippen LogP contribution in [0.15, 0.2) is 4.99 Å². The Hall–Kier alpha value is -0.570. The highest BCUT2D eigenvalue weighted by Crippen LogP contribution is 2.31. The van der Waals surface area contributed by atoms with Gasteiger partial charge in [0, 0.05) is 51.7 Å². The van der Waals surface area contributed by atoms with E-state index >= 15 is 0 Å². The van der Waals surface area contributed by atoms with Crippen LogP contribution in [0.2, 0.25) is 0 Å². The third-order valence-corrected chi connectivity index (χ3v) is 5.35. The number of guanidine groups is 1. The lowest BCUT2D eigenvalue weighted by molar-refractivity contribution is -0.129. The number of carbonyl (C=O) groups excluding carboxylic acids is 1. The number of likely N-dealkylation sites (tertiary alicyclic amines) is 2. The molecule has 0 aromatic heterocycles. The summed E-state index contributed by atoms with van der Waals surface area (Å²) in [5.41, 5.74) is 0. The molecule has 0 aromatic carbocycles. The highest BCUT2D eigenvalue weighted by atomic mass is 127. The largest absolute Gasteiger partial charge is 0.356 e. The normalized spacial score (nSPS) is 27.9. The molecule has 138 valence electrons. The molecule has 1 aliphatic carbocycles. The fraction of sp³-hybridized carbons (Fsp3) is 0.882. The van der Waals surface area contributed by atoms with Gasteiger partial charge in [-0.1, -0.05) is 6.92 Å². The maximum Gasteiger partial charge on any atom is 0.222 e. The molecule has 0 bridgehead atoms. The molecule has 1 saturated carbocycles. The van der Waals surface area contributed by atoms with Crippen LogP contribution in [0.25, 0.3) is 0 Å². The minimum absolute atomic E-state index is 0. The number of hydrogen-bond donors (Lipinski definition) is 2. The van der Waals surface area contributed by atoms with Crippen LogP contribution in [0.5, 0.6) is 0 Å². The summed E-state index contributed by atoms with van der Waals surface area (Å²) >= 11 is 0. The summed E-state index contributed by atoms with van der Waals surface area (Å²) in [6.07, 6.45) is 5.70. The minimum Gasteiger partial charge on any atom is -0.356 e. The van der Waals surface area contributed by atoms with E-state index in [4.69, 9.17) is 0 Å². The summed E-state index contributed by atoms with van der Waals surface area (Å²) in [6.45, 7) is 7.08. The van der Waals surface area contributed by atoms with E-state index in [1.54, 1.807) is 0 Å². The average molecular weight is 449 g/mol. The maximum atomic E-state index is 11.8. The Morgan fingerprint density at radius 1 is 1.17 bits per heavy atom. The van der Waals surface area contributed by atoms with E-state index in [0.717, 1.165) is 44.0 Å². The lowest BCUT2D eigenvalue weighted by atomic mass is 10.1. The fourth-order valence-electron chi connectivity index (χ4n) is 3.76. The van der Waals surface area contributed by atoms with E-state index in [0.29, 0.717) is 12.5 Å². The zero-order valence-electron chi connectivity index (χ0n) is 15.0. The second-order valence-electron chi connectivity index (χ2n) is 7.16. The number of amides is 1. The van der Waals surface area contributed by atoms with Crippen molar-refractivity contribution < 1.29 is 4.79 Å². The van der Waals surface area contributed by atoms with Crippen LogP contribution in [-0.4, -0.2) is 73.5 Å². The van der Waals surface area contributed by atoms with Crippen molar-refractivity contribution in [3.63, 3.8) is 0 Å². The van der Waals surface area contributed by atoms with Crippen molar-refractivity contribution in [3.05, 3.63) is 0 Å². The minimum atomic E-state index is 0. The SMILES string of the molecule is CCC(=O)N1CCC(NC(=NC)NCC2CCN(C3CC3)C2)C1.I. The Bertz CT molecular complexity index is 454. The van der Waals surface area contributed by atoms with Crippen molar-refractivity contribution in [2.45, 2.75) is 51.1 Å². The van der Waals surface area contributed by atoms with Gasteiger partial charge in [0.15, 0.2) is 5.96 Å². The molecule has 3 rings (SSSR count). The molecule has 3 aliphatic rings. The molecule has 0 radical (unpaired) electrons. The van der Waals surface area contributed by atoms with Gasteiger partial charge in [0.2, 0.25) is 5.91 Å². The van der Waals surface area contributed by atoms with Crippen molar-refractivity contribution in [1.82, 2.24) is 20.4 Å². The number of carbonyl (C=O) groups is 1. The number of hydrogen-bond acceptors (Lipinski definition) is 3. The van der Waals surface area contributed by atoms with Gasteiger partial charge in [0.05, 0.1) is 0 Å². The summed E-state index contributed by atoms with van der Waals surface area (Å²) in [7, 11) is 1.82. The fourth-order valence-corrected chi connectivity index (χ4v) is 3.76. The number of rotatable bonds is 5. The molecule has 2 N–H and O–H groups in total. The Balaban J connectivity index is 0.00000208. The molecule has 2 aliphatic heterocycles. The summed E-state index contributed by atoms with van der Waals surface area (Å²) in [6, 6.07) is 1.21. The summed E-state index contributed by atoms with van der Waals surface area (Å²) in [5, 5.41) is 6.96. The first-order chi connectivity index (χ1) is 11.2. The monoisotopic (exact) mass is 449 g/mol. The van der Waals surface area contributed by atoms with Crippen molar-refractivity contribution in [3.8, 4) is 0 Å². The number of nitrogens with zero attached hydrogens (tertiary/aromatic N) is 3. The Morgan fingerprint density at radius 2 is 1.96 bits per heavy atom. The zero-order chi connectivity index (χ0) is 16.2. The molecule has 2 atom stereocenters. The molecule has 24 heavy (non-hydrogen) atoms. The zero-order valence-corrected chi connectivity index (χ0v) is 17.3. The first kappa shape index (κ1) is 19.8. The number of nitrogens with one attached hydrogen (secondary N) is 2. The van der Waals surface area contributed by atoms with E-state index in [9.17, 15) is 4.79 Å². The Kier molecular flexibility index (Phi) is 7.59. The van der Waals surface area contributed by atoms with Gasteiger partial charge in [-0.25, -0.2) is 0 Å². The van der Waals surface area contributed by atoms with Gasteiger partial charge in [-0.05, 0) is 38.1 Å². The highest BCUT2D eigenvalue weighted by Gasteiger charge is 2.34. The second kappa shape index (κ2) is 9.22. The van der Waals surface area contributed by atoms with Crippen LogP contribution in [0.4, 0.5) is 0 Å². The highest BCUT2D eigenvalue weighted by molar-refractivity contribution is 14.0. The molecule has 0 spiro atoms. The smallest absolute Gasteiger partial charge is 0.222 e. The predicted molar refractivity (Wildman–Crippen MR) is 108 cm³/mol. The predicted octanol–water partition coefficient (Wildman–Crippen LogP) is 1.26. The van der Waals surface area contributed by atoms with Crippen LogP contribution in [-0.2, 0) is 4.79 Å². The second-order valence-corrected chi connectivity index (χ2v) is 7.16. The molecule has 3 fully saturated rings. The van der Waals surface area contributed by atoms with Gasteiger partial charge in [-0.2, -0.15) is 0 Å². The topological polar surface area (TPSA) is 60.0 Å². The molecule has 0 aromatic rings. The third kappa shape index (κ3) is 5.21. The van der Waals surface area contributed by atoms with Crippen LogP contribution in [0, 0.1) is 5.92 Å². The van der Waals surface area contributed by atoms with E-state index in [-0.39, 0.29) is 29.9 Å². The van der Waals surface area contributed by atoms with E-state index < -0.39 is 0 Å². The third-order valence-electron chi connectivity index (χ3n) is 5.35. The molecule has 2 unspecified atom stereocenters. The van der Waals surface area contributed by atoms with Crippen LogP contribution in [0.1, 0.15) is 39.0 Å². The van der Waals surface area contributed by atoms with Crippen molar-refractivity contribution in [2.24, 2.45) is 10.9 Å². The van der Waals surface area contributed by atoms with Gasteiger partial charge in [0.25, 0.3) is 0 Å². The molecule has 7 heteroatoms. The van der Waals surface area contributed by atoms with Crippen LogP contribution >= 0.6 is 24.0 Å². The van der Waals surface area contributed by atoms with Crippen molar-refractivity contribution in [2.75, 3.05) is 39.8 Å². The first-order valence-electron chi connectivity index (χ1n) is 9.18. The lowest BCUT2D eigenvalue weighted by Gasteiger charge is -2.20. The Morgan fingerprint density at radius 3 is 2.62 bits per heavy atom. The van der Waals surface area contributed by atoms with Crippen LogP contribution < -0.4 is 10.6 Å². The molecular weight excluding hydrogens is 417 g/mol. The van der Waals surface area contributed by atoms with Crippen molar-refractivity contribution in [1.29, 1.82) is 0 Å². The summed E-state index contributed by atoms with van der Waals surface area (Å²) < 4.78 is 0. The van der Waals surface area contributed by atoms with Gasteiger partial charge >= 0.3 is 0 Å². The Labute approximate surface area is 162 Å². The van der Waals surface area contributed by atoms with E-state index in [1.807, 2.05) is 18.9 Å². The molecule has 2 heterocycles. The quantitative estimate of drug-likeness (QED) is 0.377. The molecule has 6 nitrogen and oxygen atoms in total. The van der Waals surface area contributed by atoms with E-state index in [1.165, 1.54) is 32.4 Å². The maximum absolute atomic E-state index is 11.8.